The zero-order valence-electron chi connectivity index (χ0n) is 8.05. The number of hydrogen-bond donors (Lipinski definition) is 0. The molecule has 2 radical (unpaired) electrons. The molecule has 0 unspecified atom stereocenters. The van der Waals surface area contributed by atoms with Crippen LogP contribution in [0, 0.1) is 0 Å². The van der Waals surface area contributed by atoms with E-state index in [0.29, 0.717) is 22.9 Å². The van der Waals surface area contributed by atoms with Gasteiger partial charge in [0.05, 0.1) is 0 Å². The molecule has 4 heteroatoms. The van der Waals surface area contributed by atoms with Crippen LogP contribution in [0.2, 0.25) is 4.44 Å². The van der Waals surface area contributed by atoms with E-state index in [9.17, 15) is 0 Å². The molecular formula is C8H20O2Sn2. The molecule has 0 rings (SSSR count). The first-order valence-electron chi connectivity index (χ1n) is 4.72. The number of rotatable bonds is 9. The molecule has 0 heterocycles. The van der Waals surface area contributed by atoms with Gasteiger partial charge in [-0.25, -0.2) is 0 Å². The van der Waals surface area contributed by atoms with Crippen molar-refractivity contribution in [2.75, 3.05) is 13.2 Å². The Morgan fingerprint density at radius 3 is 2.67 bits per heavy atom. The molecule has 0 aromatic heterocycles. The molecular weight excluding hydrogens is 366 g/mol. The zero-order valence-corrected chi connectivity index (χ0v) is 15.4. The van der Waals surface area contributed by atoms with Crippen molar-refractivity contribution in [3.63, 3.8) is 0 Å². The summed E-state index contributed by atoms with van der Waals surface area (Å²) in [4.78, 5) is 0. The summed E-state index contributed by atoms with van der Waals surface area (Å²) in [6, 6.07) is 0. The first-order chi connectivity index (χ1) is 5.91. The molecule has 72 valence electrons. The fraction of sp³-hybridized carbons (Fsp3) is 1.00. The van der Waals surface area contributed by atoms with E-state index in [-0.39, 0.29) is 0 Å². The molecule has 0 aliphatic rings. The normalized spacial score (nSPS) is 10.5. The van der Waals surface area contributed by atoms with Crippen molar-refractivity contribution in [1.82, 2.24) is 0 Å². The van der Waals surface area contributed by atoms with E-state index in [1.165, 1.54) is 30.1 Å². The average Bonchev–Trinajstić information content (AvgIpc) is 2.10. The molecule has 0 saturated carbocycles. The van der Waals surface area contributed by atoms with Gasteiger partial charge in [0.1, 0.15) is 0 Å². The summed E-state index contributed by atoms with van der Waals surface area (Å²) in [7, 11) is 0. The first-order valence-corrected chi connectivity index (χ1v) is 10.0. The van der Waals surface area contributed by atoms with E-state index in [0.717, 1.165) is 13.2 Å². The van der Waals surface area contributed by atoms with Crippen molar-refractivity contribution < 1.29 is 6.15 Å². The van der Waals surface area contributed by atoms with Gasteiger partial charge in [-0.05, 0) is 0 Å². The second-order valence-corrected chi connectivity index (χ2v) is 7.51. The van der Waals surface area contributed by atoms with E-state index >= 15 is 0 Å². The van der Waals surface area contributed by atoms with Crippen LogP contribution in [0.5, 0.6) is 0 Å². The van der Waals surface area contributed by atoms with Crippen molar-refractivity contribution in [1.29, 1.82) is 0 Å². The zero-order chi connectivity index (χ0) is 9.07. The molecule has 0 aromatic carbocycles. The third kappa shape index (κ3) is 11.5. The summed E-state index contributed by atoms with van der Waals surface area (Å²) in [5.41, 5.74) is 0. The van der Waals surface area contributed by atoms with Gasteiger partial charge in [-0.15, -0.1) is 0 Å². The Bertz CT molecular complexity index is 71.5. The van der Waals surface area contributed by atoms with Crippen molar-refractivity contribution in [2.24, 2.45) is 0 Å². The predicted molar refractivity (Wildman–Crippen MR) is 56.5 cm³/mol. The molecule has 0 amide bonds. The van der Waals surface area contributed by atoms with Crippen molar-refractivity contribution in [3.05, 3.63) is 0 Å². The fourth-order valence-corrected chi connectivity index (χ4v) is 3.83. The van der Waals surface area contributed by atoms with E-state index < -0.39 is 21.6 Å². The summed E-state index contributed by atoms with van der Waals surface area (Å²) < 4.78 is 12.1. The molecule has 0 spiro atoms. The maximum absolute atomic E-state index is 5.63. The molecule has 2 nitrogen and oxygen atoms in total. The third-order valence-corrected chi connectivity index (χ3v) is 5.60. The summed E-state index contributed by atoms with van der Waals surface area (Å²) in [6.07, 6.45) is 5.13. The van der Waals surface area contributed by atoms with Gasteiger partial charge in [0.15, 0.2) is 0 Å². The summed E-state index contributed by atoms with van der Waals surface area (Å²) in [5, 5.41) is 0. The van der Waals surface area contributed by atoms with Crippen LogP contribution in [0.4, 0.5) is 0 Å². The predicted octanol–water partition coefficient (Wildman–Crippen LogP) is 0.918. The first kappa shape index (κ1) is 13.5. The van der Waals surface area contributed by atoms with Gasteiger partial charge in [0.2, 0.25) is 0 Å². The number of unbranched alkanes of at least 4 members (excludes halogenated alkanes) is 2. The van der Waals surface area contributed by atoms with Crippen LogP contribution in [-0.4, -0.2) is 57.7 Å². The molecule has 0 atom stereocenters. The number of hydrogen-bond acceptors (Lipinski definition) is 2. The Balaban J connectivity index is 2.73. The van der Waals surface area contributed by atoms with E-state index in [4.69, 9.17) is 6.15 Å². The minimum atomic E-state index is -0.608. The standard InChI is InChI=1S/C5H11O.C3H6O.2Sn.3H/c1-2-3-4-5-6;1-2-3-4;;;;;/h2-5H2,1H3;1-3H2;;;;;/q2*-1;2*+1;;;. The molecule has 0 bridgehead atoms. The van der Waals surface area contributed by atoms with Gasteiger partial charge in [0.25, 0.3) is 0 Å². The van der Waals surface area contributed by atoms with E-state index in [1.54, 1.807) is 0 Å². The summed E-state index contributed by atoms with van der Waals surface area (Å²) >= 11 is 0.0875. The Morgan fingerprint density at radius 2 is 2.00 bits per heavy atom. The van der Waals surface area contributed by atoms with Crippen molar-refractivity contribution in [2.45, 2.75) is 37.0 Å². The Morgan fingerprint density at radius 1 is 1.17 bits per heavy atom. The minimum absolute atomic E-state index is 0.608. The van der Waals surface area contributed by atoms with Crippen LogP contribution in [0.1, 0.15) is 32.6 Å². The molecule has 0 fully saturated rings. The van der Waals surface area contributed by atoms with Gasteiger partial charge < -0.3 is 0 Å². The van der Waals surface area contributed by atoms with Gasteiger partial charge in [-0.2, -0.15) is 0 Å². The Kier molecular flexibility index (Phi) is 14.1. The maximum atomic E-state index is 5.63. The molecule has 0 aliphatic heterocycles. The molecule has 0 aromatic rings. The SMILES string of the molecule is CCCCC[O][SnH][CH2]CC[O][SnH2]. The van der Waals surface area contributed by atoms with E-state index in [1.807, 2.05) is 0 Å². The van der Waals surface area contributed by atoms with Crippen LogP contribution >= 0.6 is 0 Å². The Hall–Kier alpha value is 1.52. The molecule has 0 aliphatic carbocycles. The van der Waals surface area contributed by atoms with Crippen molar-refractivity contribution >= 4 is 44.5 Å². The Labute approximate surface area is 100 Å². The summed E-state index contributed by atoms with van der Waals surface area (Å²) in [5.74, 6) is 0. The summed E-state index contributed by atoms with van der Waals surface area (Å²) in [6.45, 7) is 4.24. The van der Waals surface area contributed by atoms with Gasteiger partial charge in [-0.3, -0.25) is 0 Å². The monoisotopic (exact) mass is 388 g/mol. The van der Waals surface area contributed by atoms with E-state index in [2.05, 4.69) is 6.92 Å². The van der Waals surface area contributed by atoms with Crippen LogP contribution in [-0.2, 0) is 6.15 Å². The molecule has 12 heavy (non-hydrogen) atoms. The quantitative estimate of drug-likeness (QED) is 0.434. The fourth-order valence-electron chi connectivity index (χ4n) is 0.871. The van der Waals surface area contributed by atoms with Gasteiger partial charge in [0, 0.05) is 0 Å². The molecule has 0 N–H and O–H groups in total. The van der Waals surface area contributed by atoms with Crippen molar-refractivity contribution in [3.8, 4) is 0 Å². The van der Waals surface area contributed by atoms with Crippen LogP contribution in [0.3, 0.4) is 0 Å². The second-order valence-electron chi connectivity index (χ2n) is 2.80. The average molecular weight is 386 g/mol. The van der Waals surface area contributed by atoms with Gasteiger partial charge >= 0.3 is 101 Å². The van der Waals surface area contributed by atoms with Crippen LogP contribution in [0.15, 0.2) is 0 Å². The molecule has 0 saturated heterocycles. The van der Waals surface area contributed by atoms with Crippen LogP contribution < -0.4 is 0 Å². The third-order valence-electron chi connectivity index (χ3n) is 1.59. The van der Waals surface area contributed by atoms with Gasteiger partial charge in [-0.1, -0.05) is 0 Å². The van der Waals surface area contributed by atoms with Crippen LogP contribution in [0.25, 0.3) is 0 Å². The second kappa shape index (κ2) is 12.5. The topological polar surface area (TPSA) is 18.5 Å².